The van der Waals surface area contributed by atoms with E-state index in [9.17, 15) is 22.6 Å². The van der Waals surface area contributed by atoms with Crippen molar-refractivity contribution in [2.75, 3.05) is 12.3 Å². The second kappa shape index (κ2) is 9.83. The molecule has 2 rings (SSSR count). The Bertz CT molecular complexity index is 702. The van der Waals surface area contributed by atoms with Crippen LogP contribution in [0.4, 0.5) is 0 Å². The van der Waals surface area contributed by atoms with Crippen molar-refractivity contribution in [1.29, 1.82) is 0 Å². The molecular formula is C17H22NNaO5S. The molecule has 1 fully saturated rings. The summed E-state index contributed by atoms with van der Waals surface area (Å²) in [4.78, 5) is 23.7. The molecular weight excluding hydrogens is 353 g/mol. The Morgan fingerprint density at radius 2 is 1.96 bits per heavy atom. The molecule has 132 valence electrons. The zero-order valence-electron chi connectivity index (χ0n) is 14.7. The van der Waals surface area contributed by atoms with Crippen LogP contribution in [-0.4, -0.2) is 37.0 Å². The summed E-state index contributed by atoms with van der Waals surface area (Å²) in [6.45, 7) is 1.54. The van der Waals surface area contributed by atoms with Gasteiger partial charge in [0.15, 0.2) is 0 Å². The van der Waals surface area contributed by atoms with Gasteiger partial charge in [0.25, 0.3) is 0 Å². The van der Waals surface area contributed by atoms with Gasteiger partial charge in [0.05, 0.1) is 21.8 Å². The largest absolute Gasteiger partial charge is 1.00 e. The fourth-order valence-corrected chi connectivity index (χ4v) is 3.29. The number of carbonyl (C=O) groups excluding carboxylic acids is 2. The Morgan fingerprint density at radius 1 is 1.32 bits per heavy atom. The van der Waals surface area contributed by atoms with Gasteiger partial charge in [-0.25, -0.2) is 8.42 Å². The third-order valence-electron chi connectivity index (χ3n) is 4.44. The molecule has 1 aromatic carbocycles. The van der Waals surface area contributed by atoms with Crippen LogP contribution in [0.15, 0.2) is 24.3 Å². The molecule has 1 aliphatic rings. The van der Waals surface area contributed by atoms with Crippen LogP contribution in [0.1, 0.15) is 43.2 Å². The summed E-state index contributed by atoms with van der Waals surface area (Å²) < 4.78 is 31.6. The van der Waals surface area contributed by atoms with E-state index in [-0.39, 0.29) is 47.9 Å². The Hall–Kier alpha value is -0.730. The van der Waals surface area contributed by atoms with E-state index in [4.69, 9.17) is 0 Å². The van der Waals surface area contributed by atoms with E-state index in [1.807, 2.05) is 24.3 Å². The molecule has 2 atom stereocenters. The SMILES string of the molecule is C[C@@H](C(=O)NCCS(=O)(=O)[O-])c1ccc(CC2CCCC2=O)cc1.[Na+]. The summed E-state index contributed by atoms with van der Waals surface area (Å²) in [5, 5.41) is 2.45. The monoisotopic (exact) mass is 375 g/mol. The molecule has 6 nitrogen and oxygen atoms in total. The molecule has 0 bridgehead atoms. The average Bonchev–Trinajstić information content (AvgIpc) is 2.91. The van der Waals surface area contributed by atoms with Gasteiger partial charge in [0, 0.05) is 18.9 Å². The first-order chi connectivity index (χ1) is 11.3. The van der Waals surface area contributed by atoms with E-state index in [1.54, 1.807) is 6.92 Å². The summed E-state index contributed by atoms with van der Waals surface area (Å²) in [6.07, 6.45) is 3.33. The van der Waals surface area contributed by atoms with Crippen LogP contribution in [0, 0.1) is 5.92 Å². The van der Waals surface area contributed by atoms with Gasteiger partial charge < -0.3 is 9.87 Å². The maximum Gasteiger partial charge on any atom is 1.00 e. The van der Waals surface area contributed by atoms with Crippen LogP contribution in [0.3, 0.4) is 0 Å². The van der Waals surface area contributed by atoms with Crippen molar-refractivity contribution in [2.24, 2.45) is 5.92 Å². The van der Waals surface area contributed by atoms with Crippen LogP contribution in [0.2, 0.25) is 0 Å². The van der Waals surface area contributed by atoms with Gasteiger partial charge in [0.2, 0.25) is 5.91 Å². The minimum atomic E-state index is -4.32. The number of nitrogens with one attached hydrogen (secondary N) is 1. The molecule has 25 heavy (non-hydrogen) atoms. The van der Waals surface area contributed by atoms with E-state index in [1.165, 1.54) is 0 Å². The smallest absolute Gasteiger partial charge is 0.748 e. The number of benzene rings is 1. The normalized spacial score (nSPS) is 18.5. The van der Waals surface area contributed by atoms with Gasteiger partial charge >= 0.3 is 29.6 Å². The molecule has 1 amide bonds. The van der Waals surface area contributed by atoms with Gasteiger partial charge in [0.1, 0.15) is 5.78 Å². The number of carbonyl (C=O) groups is 2. The van der Waals surface area contributed by atoms with Gasteiger partial charge in [-0.1, -0.05) is 24.3 Å². The second-order valence-corrected chi connectivity index (χ2v) is 7.80. The molecule has 0 aliphatic heterocycles. The van der Waals surface area contributed by atoms with Crippen molar-refractivity contribution < 1.29 is 52.1 Å². The van der Waals surface area contributed by atoms with Gasteiger partial charge in [-0.3, -0.25) is 9.59 Å². The van der Waals surface area contributed by atoms with Crippen LogP contribution in [-0.2, 0) is 26.1 Å². The van der Waals surface area contributed by atoms with E-state index < -0.39 is 21.8 Å². The summed E-state index contributed by atoms with van der Waals surface area (Å²) in [5.41, 5.74) is 1.88. The van der Waals surface area contributed by atoms with Crippen LogP contribution in [0.5, 0.6) is 0 Å². The predicted molar refractivity (Wildman–Crippen MR) is 88.5 cm³/mol. The predicted octanol–water partition coefficient (Wildman–Crippen LogP) is -1.63. The summed E-state index contributed by atoms with van der Waals surface area (Å²) in [6, 6.07) is 7.55. The number of hydrogen-bond acceptors (Lipinski definition) is 5. The molecule has 1 aromatic rings. The number of hydrogen-bond donors (Lipinski definition) is 1. The van der Waals surface area contributed by atoms with E-state index >= 15 is 0 Å². The van der Waals surface area contributed by atoms with Crippen molar-refractivity contribution in [3.8, 4) is 0 Å². The zero-order chi connectivity index (χ0) is 17.7. The van der Waals surface area contributed by atoms with Crippen molar-refractivity contribution in [2.45, 2.75) is 38.5 Å². The minimum absolute atomic E-state index is 0. The van der Waals surface area contributed by atoms with Crippen molar-refractivity contribution in [3.63, 3.8) is 0 Å². The number of ketones is 1. The van der Waals surface area contributed by atoms with Crippen LogP contribution in [0.25, 0.3) is 0 Å². The first-order valence-corrected chi connectivity index (χ1v) is 9.67. The minimum Gasteiger partial charge on any atom is -0.748 e. The third kappa shape index (κ3) is 7.19. The fraction of sp³-hybridized carbons (Fsp3) is 0.529. The third-order valence-corrected chi connectivity index (χ3v) is 5.14. The van der Waals surface area contributed by atoms with Crippen LogP contribution >= 0.6 is 0 Å². The molecule has 0 saturated heterocycles. The summed E-state index contributed by atoms with van der Waals surface area (Å²) >= 11 is 0. The molecule has 8 heteroatoms. The Morgan fingerprint density at radius 3 is 2.48 bits per heavy atom. The zero-order valence-corrected chi connectivity index (χ0v) is 17.5. The van der Waals surface area contributed by atoms with Gasteiger partial charge in [-0.05, 0) is 37.3 Å². The Balaban J connectivity index is 0.00000312. The molecule has 0 radical (unpaired) electrons. The summed E-state index contributed by atoms with van der Waals surface area (Å²) in [5.74, 6) is -0.926. The van der Waals surface area contributed by atoms with E-state index in [2.05, 4.69) is 5.32 Å². The fourth-order valence-electron chi connectivity index (χ4n) is 2.93. The topological polar surface area (TPSA) is 103 Å². The first-order valence-electron chi connectivity index (χ1n) is 8.09. The number of amides is 1. The summed E-state index contributed by atoms with van der Waals surface area (Å²) in [7, 11) is -4.32. The first kappa shape index (κ1) is 22.3. The van der Waals surface area contributed by atoms with Gasteiger partial charge in [-0.2, -0.15) is 0 Å². The van der Waals surface area contributed by atoms with E-state index in [0.717, 1.165) is 30.4 Å². The Kier molecular flexibility index (Phi) is 8.77. The van der Waals surface area contributed by atoms with Crippen molar-refractivity contribution >= 4 is 21.8 Å². The molecule has 1 unspecified atom stereocenters. The molecule has 0 spiro atoms. The second-order valence-electron chi connectivity index (χ2n) is 6.28. The van der Waals surface area contributed by atoms with E-state index in [0.29, 0.717) is 12.2 Å². The quantitative estimate of drug-likeness (QED) is 0.455. The number of rotatable bonds is 7. The van der Waals surface area contributed by atoms with Crippen molar-refractivity contribution in [3.05, 3.63) is 35.4 Å². The molecule has 1 aliphatic carbocycles. The maximum atomic E-state index is 12.0. The maximum absolute atomic E-state index is 12.0. The number of Topliss-reactive ketones (excluding diaryl/α,β-unsaturated/α-hetero) is 1. The molecule has 0 aromatic heterocycles. The average molecular weight is 375 g/mol. The molecule has 0 heterocycles. The molecule has 1 saturated carbocycles. The van der Waals surface area contributed by atoms with Gasteiger partial charge in [-0.15, -0.1) is 0 Å². The molecule has 1 N–H and O–H groups in total. The standard InChI is InChI=1S/C17H23NO5S.Na/c1-12(17(20)18-9-10-24(21,22)23)14-7-5-13(6-8-14)11-15-3-2-4-16(15)19;/h5-8,12,15H,2-4,9-11H2,1H3,(H,18,20)(H,21,22,23);/q;+1/p-1/t12-,15?;/m1./s1. The van der Waals surface area contributed by atoms with Crippen LogP contribution < -0.4 is 34.9 Å². The Labute approximate surface area is 170 Å². The van der Waals surface area contributed by atoms with Crippen molar-refractivity contribution in [1.82, 2.24) is 5.32 Å².